The summed E-state index contributed by atoms with van der Waals surface area (Å²) in [6.07, 6.45) is 0.474. The van der Waals surface area contributed by atoms with E-state index in [9.17, 15) is 9.59 Å². The van der Waals surface area contributed by atoms with Crippen LogP contribution in [0.1, 0.15) is 38.7 Å². The molecule has 1 aliphatic heterocycles. The number of amides is 2. The largest absolute Gasteiger partial charge is 0.444 e. The number of carbonyl (C=O) groups excluding carboxylic acids is 2. The smallest absolute Gasteiger partial charge is 0.411 e. The fourth-order valence-electron chi connectivity index (χ4n) is 3.38. The molecule has 1 aromatic carbocycles. The first kappa shape index (κ1) is 18.7. The minimum atomic E-state index is -0.579. The Bertz CT molecular complexity index is 635. The number of nitrogens with zero attached hydrogens (tertiary/aromatic N) is 2. The standard InChI is InChI=1S/C20H29N3O3/c1-20(2,3)26-19(25)23(14-18(24)22-11-9-21-10-12-22)17-13-16(17)15-7-5-4-6-8-15/h4-8,16-17,21H,9-14H2,1-3H3. The van der Waals surface area contributed by atoms with E-state index in [1.54, 1.807) is 4.90 Å². The van der Waals surface area contributed by atoms with Crippen molar-refractivity contribution in [1.29, 1.82) is 0 Å². The van der Waals surface area contributed by atoms with Crippen molar-refractivity contribution < 1.29 is 14.3 Å². The summed E-state index contributed by atoms with van der Waals surface area (Å²) in [4.78, 5) is 28.9. The van der Waals surface area contributed by atoms with E-state index in [4.69, 9.17) is 4.74 Å². The van der Waals surface area contributed by atoms with Crippen molar-refractivity contribution in [2.45, 2.75) is 44.8 Å². The zero-order valence-electron chi connectivity index (χ0n) is 15.9. The second-order valence-electron chi connectivity index (χ2n) is 8.06. The Kier molecular flexibility index (Phi) is 5.51. The highest BCUT2D eigenvalue weighted by Gasteiger charge is 2.46. The number of ether oxygens (including phenoxy) is 1. The van der Waals surface area contributed by atoms with Gasteiger partial charge in [-0.1, -0.05) is 30.3 Å². The molecule has 2 amide bonds. The summed E-state index contributed by atoms with van der Waals surface area (Å²) in [6.45, 7) is 8.61. The average Bonchev–Trinajstić information content (AvgIpc) is 3.40. The Morgan fingerprint density at radius 3 is 2.46 bits per heavy atom. The second-order valence-corrected chi connectivity index (χ2v) is 8.06. The number of hydrogen-bond acceptors (Lipinski definition) is 4. The highest BCUT2D eigenvalue weighted by molar-refractivity contribution is 5.83. The molecule has 1 heterocycles. The van der Waals surface area contributed by atoms with E-state index in [0.717, 1.165) is 19.5 Å². The van der Waals surface area contributed by atoms with Crippen molar-refractivity contribution in [2.75, 3.05) is 32.7 Å². The van der Waals surface area contributed by atoms with Crippen LogP contribution in [-0.4, -0.2) is 66.2 Å². The molecule has 2 unspecified atom stereocenters. The summed E-state index contributed by atoms with van der Waals surface area (Å²) in [5.41, 5.74) is 0.630. The van der Waals surface area contributed by atoms with Crippen LogP contribution in [0, 0.1) is 0 Å². The predicted molar refractivity (Wildman–Crippen MR) is 100.0 cm³/mol. The first-order chi connectivity index (χ1) is 12.3. The number of nitrogens with one attached hydrogen (secondary N) is 1. The van der Waals surface area contributed by atoms with Crippen LogP contribution in [0.15, 0.2) is 30.3 Å². The third kappa shape index (κ3) is 4.75. The fraction of sp³-hybridized carbons (Fsp3) is 0.600. The van der Waals surface area contributed by atoms with Crippen LogP contribution in [0.5, 0.6) is 0 Å². The van der Waals surface area contributed by atoms with E-state index in [-0.39, 0.29) is 24.4 Å². The van der Waals surface area contributed by atoms with Gasteiger partial charge < -0.3 is 15.0 Å². The average molecular weight is 359 g/mol. The van der Waals surface area contributed by atoms with Crippen molar-refractivity contribution in [3.05, 3.63) is 35.9 Å². The lowest BCUT2D eigenvalue weighted by atomic mass is 10.1. The number of carbonyl (C=O) groups is 2. The number of benzene rings is 1. The van der Waals surface area contributed by atoms with Crippen LogP contribution in [0.3, 0.4) is 0 Å². The molecule has 1 saturated heterocycles. The SMILES string of the molecule is CC(C)(C)OC(=O)N(CC(=O)N1CCNCC1)C1CC1c1ccccc1. The van der Waals surface area contributed by atoms with Crippen LogP contribution in [0.25, 0.3) is 0 Å². The topological polar surface area (TPSA) is 61.9 Å². The van der Waals surface area contributed by atoms with Crippen LogP contribution in [0.4, 0.5) is 4.79 Å². The summed E-state index contributed by atoms with van der Waals surface area (Å²) in [5, 5.41) is 3.24. The monoisotopic (exact) mass is 359 g/mol. The maximum atomic E-state index is 12.8. The van der Waals surface area contributed by atoms with Crippen molar-refractivity contribution in [1.82, 2.24) is 15.1 Å². The fourth-order valence-corrected chi connectivity index (χ4v) is 3.38. The summed E-state index contributed by atoms with van der Waals surface area (Å²) in [7, 11) is 0. The Morgan fingerprint density at radius 1 is 1.19 bits per heavy atom. The van der Waals surface area contributed by atoms with Gasteiger partial charge in [-0.2, -0.15) is 0 Å². The minimum Gasteiger partial charge on any atom is -0.444 e. The molecule has 2 fully saturated rings. The van der Waals surface area contributed by atoms with Crippen LogP contribution in [-0.2, 0) is 9.53 Å². The van der Waals surface area contributed by atoms with Gasteiger partial charge in [-0.25, -0.2) is 4.79 Å². The van der Waals surface area contributed by atoms with Gasteiger partial charge in [0.1, 0.15) is 12.1 Å². The van der Waals surface area contributed by atoms with Gasteiger partial charge in [0.2, 0.25) is 5.91 Å². The van der Waals surface area contributed by atoms with E-state index < -0.39 is 11.7 Å². The molecule has 2 atom stereocenters. The molecule has 1 N–H and O–H groups in total. The first-order valence-electron chi connectivity index (χ1n) is 9.38. The molecule has 142 valence electrons. The van der Waals surface area contributed by atoms with Gasteiger partial charge in [0.15, 0.2) is 0 Å². The highest BCUT2D eigenvalue weighted by Crippen LogP contribution is 2.45. The van der Waals surface area contributed by atoms with Crippen LogP contribution >= 0.6 is 0 Å². The molecule has 0 spiro atoms. The molecule has 0 aromatic heterocycles. The zero-order valence-corrected chi connectivity index (χ0v) is 15.9. The Labute approximate surface area is 155 Å². The van der Waals surface area contributed by atoms with Crippen molar-refractivity contribution in [3.63, 3.8) is 0 Å². The maximum Gasteiger partial charge on any atom is 0.411 e. The molecular weight excluding hydrogens is 330 g/mol. The molecule has 0 bridgehead atoms. The number of rotatable bonds is 4. The van der Waals surface area contributed by atoms with Gasteiger partial charge in [0.25, 0.3) is 0 Å². The van der Waals surface area contributed by atoms with Crippen molar-refractivity contribution in [3.8, 4) is 0 Å². The summed E-state index contributed by atoms with van der Waals surface area (Å²) >= 11 is 0. The number of hydrogen-bond donors (Lipinski definition) is 1. The third-order valence-electron chi connectivity index (χ3n) is 4.79. The van der Waals surface area contributed by atoms with Gasteiger partial charge in [0.05, 0.1) is 0 Å². The van der Waals surface area contributed by atoms with Crippen LogP contribution < -0.4 is 5.32 Å². The second kappa shape index (κ2) is 7.66. The molecule has 2 aliphatic rings. The lowest BCUT2D eigenvalue weighted by Gasteiger charge is -2.32. The van der Waals surface area contributed by atoms with Gasteiger partial charge >= 0.3 is 6.09 Å². The van der Waals surface area contributed by atoms with E-state index in [1.165, 1.54) is 5.56 Å². The van der Waals surface area contributed by atoms with E-state index in [1.807, 2.05) is 43.9 Å². The normalized spacial score (nSPS) is 22.7. The van der Waals surface area contributed by atoms with Gasteiger partial charge in [-0.3, -0.25) is 9.69 Å². The molecule has 1 aliphatic carbocycles. The molecule has 6 nitrogen and oxygen atoms in total. The Morgan fingerprint density at radius 2 is 1.85 bits per heavy atom. The predicted octanol–water partition coefficient (Wildman–Crippen LogP) is 2.21. The molecule has 26 heavy (non-hydrogen) atoms. The van der Waals surface area contributed by atoms with Gasteiger partial charge in [-0.15, -0.1) is 0 Å². The summed E-state index contributed by atoms with van der Waals surface area (Å²) < 4.78 is 5.58. The summed E-state index contributed by atoms with van der Waals surface area (Å²) in [5.74, 6) is 0.274. The quantitative estimate of drug-likeness (QED) is 0.895. The van der Waals surface area contributed by atoms with Crippen LogP contribution in [0.2, 0.25) is 0 Å². The van der Waals surface area contributed by atoms with Gasteiger partial charge in [-0.05, 0) is 32.8 Å². The lowest BCUT2D eigenvalue weighted by Crippen LogP contribution is -2.51. The third-order valence-corrected chi connectivity index (χ3v) is 4.79. The van der Waals surface area contributed by atoms with E-state index >= 15 is 0 Å². The Hall–Kier alpha value is -2.08. The molecule has 3 rings (SSSR count). The van der Waals surface area contributed by atoms with E-state index in [0.29, 0.717) is 13.1 Å². The molecular formula is C20H29N3O3. The molecule has 0 radical (unpaired) electrons. The maximum absolute atomic E-state index is 12.8. The lowest BCUT2D eigenvalue weighted by molar-refractivity contribution is -0.133. The van der Waals surface area contributed by atoms with E-state index in [2.05, 4.69) is 17.4 Å². The molecule has 1 aromatic rings. The van der Waals surface area contributed by atoms with Crippen molar-refractivity contribution >= 4 is 12.0 Å². The molecule has 6 heteroatoms. The molecule has 1 saturated carbocycles. The minimum absolute atomic E-state index is 0.00364. The summed E-state index contributed by atoms with van der Waals surface area (Å²) in [6, 6.07) is 10.2. The highest BCUT2D eigenvalue weighted by atomic mass is 16.6. The van der Waals surface area contributed by atoms with Gasteiger partial charge in [0, 0.05) is 38.1 Å². The first-order valence-corrected chi connectivity index (χ1v) is 9.38. The van der Waals surface area contributed by atoms with Crippen molar-refractivity contribution in [2.24, 2.45) is 0 Å². The Balaban J connectivity index is 1.70. The zero-order chi connectivity index (χ0) is 18.7. The number of piperazine rings is 1.